The van der Waals surface area contributed by atoms with E-state index >= 15 is 0 Å². The van der Waals surface area contributed by atoms with E-state index in [0.29, 0.717) is 25.2 Å². The van der Waals surface area contributed by atoms with Gasteiger partial charge in [0.05, 0.1) is 6.04 Å². The van der Waals surface area contributed by atoms with E-state index in [1.165, 1.54) is 4.90 Å². The summed E-state index contributed by atoms with van der Waals surface area (Å²) < 4.78 is 0. The zero-order chi connectivity index (χ0) is 16.6. The van der Waals surface area contributed by atoms with Gasteiger partial charge < -0.3 is 19.9 Å². The molecule has 1 aliphatic rings. The molecule has 2 heterocycles. The summed E-state index contributed by atoms with van der Waals surface area (Å²) in [6.07, 6.45) is 0.928. The Hall–Kier alpha value is -2.50. The fourth-order valence-electron chi connectivity index (χ4n) is 3.15. The third-order valence-electron chi connectivity index (χ3n) is 4.52. The molecule has 6 heteroatoms. The quantitative estimate of drug-likeness (QED) is 0.894. The Bertz CT molecular complexity index is 738. The van der Waals surface area contributed by atoms with Crippen molar-refractivity contribution in [2.24, 2.45) is 5.92 Å². The standard InChI is InChI=1S/C17H21N3O3/c1-11(2)15-10-19(17(22)23)7-8-20(15)16(21)13-4-3-12-5-6-18-14(12)9-13/h3-6,9,11,15,18H,7-8,10H2,1-2H3,(H,22,23)/t15-/m1/s1. The van der Waals surface area contributed by atoms with Crippen molar-refractivity contribution in [1.29, 1.82) is 0 Å². The van der Waals surface area contributed by atoms with Crippen LogP contribution in [0, 0.1) is 5.92 Å². The molecule has 1 atom stereocenters. The second kappa shape index (κ2) is 5.95. The van der Waals surface area contributed by atoms with Crippen LogP contribution in [-0.2, 0) is 0 Å². The van der Waals surface area contributed by atoms with Gasteiger partial charge in [-0.2, -0.15) is 0 Å². The summed E-state index contributed by atoms with van der Waals surface area (Å²) in [6, 6.07) is 7.48. The topological polar surface area (TPSA) is 76.6 Å². The highest BCUT2D eigenvalue weighted by Gasteiger charge is 2.34. The maximum absolute atomic E-state index is 12.9. The van der Waals surface area contributed by atoms with E-state index in [1.807, 2.05) is 49.2 Å². The molecule has 1 aliphatic heterocycles. The fourth-order valence-corrected chi connectivity index (χ4v) is 3.15. The Kier molecular flexibility index (Phi) is 3.98. The highest BCUT2D eigenvalue weighted by atomic mass is 16.4. The largest absolute Gasteiger partial charge is 0.465 e. The molecule has 1 aromatic carbocycles. The van der Waals surface area contributed by atoms with Gasteiger partial charge in [0.25, 0.3) is 5.91 Å². The van der Waals surface area contributed by atoms with Crippen LogP contribution in [0.15, 0.2) is 30.5 Å². The van der Waals surface area contributed by atoms with Crippen molar-refractivity contribution in [2.45, 2.75) is 19.9 Å². The Morgan fingerprint density at radius 2 is 2.04 bits per heavy atom. The lowest BCUT2D eigenvalue weighted by Gasteiger charge is -2.42. The first-order valence-corrected chi connectivity index (χ1v) is 7.83. The molecule has 0 saturated carbocycles. The molecule has 0 spiro atoms. The summed E-state index contributed by atoms with van der Waals surface area (Å²) in [4.78, 5) is 30.4. The molecule has 0 radical (unpaired) electrons. The lowest BCUT2D eigenvalue weighted by atomic mass is 9.98. The Labute approximate surface area is 134 Å². The van der Waals surface area contributed by atoms with Crippen LogP contribution in [0.25, 0.3) is 10.9 Å². The molecular weight excluding hydrogens is 294 g/mol. The summed E-state index contributed by atoms with van der Waals surface area (Å²) >= 11 is 0. The average molecular weight is 315 g/mol. The van der Waals surface area contributed by atoms with Crippen molar-refractivity contribution in [1.82, 2.24) is 14.8 Å². The first-order valence-electron chi connectivity index (χ1n) is 7.83. The summed E-state index contributed by atoms with van der Waals surface area (Å²) in [5.41, 5.74) is 1.57. The highest BCUT2D eigenvalue weighted by molar-refractivity contribution is 5.98. The van der Waals surface area contributed by atoms with Gasteiger partial charge in [-0.25, -0.2) is 4.79 Å². The van der Waals surface area contributed by atoms with Crippen LogP contribution < -0.4 is 0 Å². The zero-order valence-corrected chi connectivity index (χ0v) is 13.3. The number of nitrogens with one attached hydrogen (secondary N) is 1. The number of hydrogen-bond acceptors (Lipinski definition) is 2. The SMILES string of the molecule is CC(C)[C@H]1CN(C(=O)O)CCN1C(=O)c1ccc2cc[nH]c2c1. The average Bonchev–Trinajstić information content (AvgIpc) is 3.00. The van der Waals surface area contributed by atoms with Gasteiger partial charge in [0.15, 0.2) is 0 Å². The third kappa shape index (κ3) is 2.88. The number of carbonyl (C=O) groups is 2. The Balaban J connectivity index is 1.86. The molecular formula is C17H21N3O3. The molecule has 3 rings (SSSR count). The summed E-state index contributed by atoms with van der Waals surface area (Å²) in [7, 11) is 0. The minimum atomic E-state index is -0.921. The van der Waals surface area contributed by atoms with E-state index in [1.54, 1.807) is 0 Å². The molecule has 6 nitrogen and oxygen atoms in total. The number of aromatic amines is 1. The van der Waals surface area contributed by atoms with E-state index in [4.69, 9.17) is 0 Å². The number of H-pyrrole nitrogens is 1. The van der Waals surface area contributed by atoms with Crippen LogP contribution >= 0.6 is 0 Å². The van der Waals surface area contributed by atoms with Crippen LogP contribution in [0.5, 0.6) is 0 Å². The number of fused-ring (bicyclic) bond motifs is 1. The van der Waals surface area contributed by atoms with Crippen molar-refractivity contribution in [2.75, 3.05) is 19.6 Å². The second-order valence-electron chi connectivity index (χ2n) is 6.32. The predicted octanol–water partition coefficient (Wildman–Crippen LogP) is 2.63. The van der Waals surface area contributed by atoms with E-state index in [2.05, 4.69) is 4.98 Å². The van der Waals surface area contributed by atoms with Crippen molar-refractivity contribution < 1.29 is 14.7 Å². The van der Waals surface area contributed by atoms with Crippen molar-refractivity contribution >= 4 is 22.9 Å². The number of nitrogens with zero attached hydrogens (tertiary/aromatic N) is 2. The van der Waals surface area contributed by atoms with Gasteiger partial charge in [0.1, 0.15) is 0 Å². The number of piperazine rings is 1. The molecule has 1 fully saturated rings. The van der Waals surface area contributed by atoms with E-state index in [9.17, 15) is 14.7 Å². The molecule has 2 N–H and O–H groups in total. The van der Waals surface area contributed by atoms with Gasteiger partial charge in [0.2, 0.25) is 0 Å². The lowest BCUT2D eigenvalue weighted by Crippen LogP contribution is -2.58. The molecule has 122 valence electrons. The minimum Gasteiger partial charge on any atom is -0.465 e. The van der Waals surface area contributed by atoms with Gasteiger partial charge in [-0.1, -0.05) is 19.9 Å². The monoisotopic (exact) mass is 315 g/mol. The van der Waals surface area contributed by atoms with Gasteiger partial charge in [-0.3, -0.25) is 4.79 Å². The predicted molar refractivity (Wildman–Crippen MR) is 87.6 cm³/mol. The zero-order valence-electron chi connectivity index (χ0n) is 13.3. The number of carbonyl (C=O) groups excluding carboxylic acids is 1. The van der Waals surface area contributed by atoms with Crippen molar-refractivity contribution in [3.8, 4) is 0 Å². The van der Waals surface area contributed by atoms with E-state index in [0.717, 1.165) is 10.9 Å². The van der Waals surface area contributed by atoms with Crippen molar-refractivity contribution in [3.05, 3.63) is 36.0 Å². The molecule has 1 saturated heterocycles. The maximum Gasteiger partial charge on any atom is 0.407 e. The molecule has 2 aromatic rings. The van der Waals surface area contributed by atoms with Gasteiger partial charge in [-0.05, 0) is 29.5 Å². The number of benzene rings is 1. The van der Waals surface area contributed by atoms with Crippen molar-refractivity contribution in [3.63, 3.8) is 0 Å². The Morgan fingerprint density at radius 1 is 1.26 bits per heavy atom. The van der Waals surface area contributed by atoms with Gasteiger partial charge >= 0.3 is 6.09 Å². The second-order valence-corrected chi connectivity index (χ2v) is 6.32. The first kappa shape index (κ1) is 15.4. The maximum atomic E-state index is 12.9. The van der Waals surface area contributed by atoms with Crippen LogP contribution in [0.4, 0.5) is 4.79 Å². The van der Waals surface area contributed by atoms with Crippen LogP contribution in [-0.4, -0.2) is 57.6 Å². The van der Waals surface area contributed by atoms with E-state index < -0.39 is 6.09 Å². The van der Waals surface area contributed by atoms with Crippen LogP contribution in [0.2, 0.25) is 0 Å². The summed E-state index contributed by atoms with van der Waals surface area (Å²) in [5.74, 6) is 0.153. The summed E-state index contributed by atoms with van der Waals surface area (Å²) in [5, 5.41) is 10.3. The molecule has 0 unspecified atom stereocenters. The van der Waals surface area contributed by atoms with Gasteiger partial charge in [0, 0.05) is 36.9 Å². The fraction of sp³-hybridized carbons (Fsp3) is 0.412. The van der Waals surface area contributed by atoms with Gasteiger partial charge in [-0.15, -0.1) is 0 Å². The molecule has 2 amide bonds. The minimum absolute atomic E-state index is 0.0368. The molecule has 23 heavy (non-hydrogen) atoms. The number of aromatic nitrogens is 1. The summed E-state index contributed by atoms with van der Waals surface area (Å²) in [6.45, 7) is 5.18. The number of amides is 2. The van der Waals surface area contributed by atoms with Crippen LogP contribution in [0.3, 0.4) is 0 Å². The Morgan fingerprint density at radius 3 is 2.74 bits per heavy atom. The molecule has 0 bridgehead atoms. The number of carboxylic acid groups (broad SMARTS) is 1. The normalized spacial score (nSPS) is 18.7. The lowest BCUT2D eigenvalue weighted by molar-refractivity contribution is 0.0353. The smallest absolute Gasteiger partial charge is 0.407 e. The first-order chi connectivity index (χ1) is 11.0. The molecule has 1 aromatic heterocycles. The van der Waals surface area contributed by atoms with E-state index in [-0.39, 0.29) is 17.9 Å². The van der Waals surface area contributed by atoms with Crippen LogP contribution in [0.1, 0.15) is 24.2 Å². The third-order valence-corrected chi connectivity index (χ3v) is 4.52. The molecule has 0 aliphatic carbocycles. The highest BCUT2D eigenvalue weighted by Crippen LogP contribution is 2.22. The number of hydrogen-bond donors (Lipinski definition) is 2. The number of rotatable bonds is 2.